The maximum absolute atomic E-state index is 13.7. The zero-order valence-electron chi connectivity index (χ0n) is 21.4. The molecule has 2 saturated heterocycles. The zero-order chi connectivity index (χ0) is 26.4. The lowest BCUT2D eigenvalue weighted by Gasteiger charge is -2.44. The molecule has 10 nitrogen and oxygen atoms in total. The lowest BCUT2D eigenvalue weighted by molar-refractivity contribution is -0.128. The van der Waals surface area contributed by atoms with Crippen LogP contribution in [0.3, 0.4) is 0 Å². The van der Waals surface area contributed by atoms with Gasteiger partial charge in [-0.3, -0.25) is 19.3 Å². The van der Waals surface area contributed by atoms with Crippen molar-refractivity contribution in [2.45, 2.75) is 24.6 Å². The van der Waals surface area contributed by atoms with Crippen molar-refractivity contribution in [3.05, 3.63) is 59.7 Å². The van der Waals surface area contributed by atoms with Gasteiger partial charge >= 0.3 is 0 Å². The number of amides is 3. The van der Waals surface area contributed by atoms with E-state index >= 15 is 0 Å². The summed E-state index contributed by atoms with van der Waals surface area (Å²) in [5.74, 6) is 0.305. The fraction of sp³-hybridized carbons (Fsp3) is 0.444. The van der Waals surface area contributed by atoms with E-state index < -0.39 is 11.8 Å². The minimum atomic E-state index is -0.982. The Kier molecular flexibility index (Phi) is 8.30. The summed E-state index contributed by atoms with van der Waals surface area (Å²) in [6.45, 7) is 1.51. The molecule has 1 spiro atoms. The molecule has 2 aromatic rings. The molecular formula is C27H33N3O7. The van der Waals surface area contributed by atoms with Crippen LogP contribution in [0.4, 0.5) is 0 Å². The predicted octanol–water partition coefficient (Wildman–Crippen LogP) is 1.94. The number of piperidine rings is 1. The second kappa shape index (κ2) is 11.6. The molecule has 3 amide bonds. The number of hydrogen-bond donors (Lipinski definition) is 1. The second-order valence-electron chi connectivity index (χ2n) is 8.96. The van der Waals surface area contributed by atoms with Gasteiger partial charge in [0.15, 0.2) is 11.5 Å². The van der Waals surface area contributed by atoms with Crippen molar-refractivity contribution in [3.8, 4) is 11.5 Å². The fourth-order valence-corrected chi connectivity index (χ4v) is 4.89. The molecule has 0 radical (unpaired) electrons. The molecule has 0 saturated carbocycles. The number of benzene rings is 2. The second-order valence-corrected chi connectivity index (χ2v) is 8.96. The van der Waals surface area contributed by atoms with E-state index in [1.165, 1.54) is 7.11 Å². The van der Waals surface area contributed by atoms with Gasteiger partial charge in [0, 0.05) is 50.7 Å². The van der Waals surface area contributed by atoms with Gasteiger partial charge in [0.05, 0.1) is 27.4 Å². The van der Waals surface area contributed by atoms with Crippen LogP contribution in [-0.2, 0) is 14.3 Å². The Labute approximate surface area is 216 Å². The first-order valence-electron chi connectivity index (χ1n) is 12.2. The van der Waals surface area contributed by atoms with Crippen molar-refractivity contribution in [2.24, 2.45) is 0 Å². The van der Waals surface area contributed by atoms with Gasteiger partial charge in [0.1, 0.15) is 11.8 Å². The number of carbonyl (C=O) groups excluding carboxylic acids is 3. The smallest absolute Gasteiger partial charge is 0.256 e. The summed E-state index contributed by atoms with van der Waals surface area (Å²) in [6, 6.07) is 13.1. The summed E-state index contributed by atoms with van der Waals surface area (Å²) in [4.78, 5) is 43.3. The van der Waals surface area contributed by atoms with Crippen molar-refractivity contribution < 1.29 is 33.3 Å². The Balaban J connectivity index is 1.53. The van der Waals surface area contributed by atoms with Crippen molar-refractivity contribution in [2.75, 3.05) is 54.2 Å². The lowest BCUT2D eigenvalue weighted by atomic mass is 9.96. The van der Waals surface area contributed by atoms with Crippen molar-refractivity contribution in [1.82, 2.24) is 15.1 Å². The van der Waals surface area contributed by atoms with Crippen molar-refractivity contribution in [3.63, 3.8) is 0 Å². The van der Waals surface area contributed by atoms with Crippen LogP contribution >= 0.6 is 0 Å². The molecule has 2 fully saturated rings. The van der Waals surface area contributed by atoms with Gasteiger partial charge in [0.25, 0.3) is 11.8 Å². The van der Waals surface area contributed by atoms with Crippen LogP contribution in [-0.4, -0.2) is 93.5 Å². The summed E-state index contributed by atoms with van der Waals surface area (Å²) in [5.41, 5.74) is -0.0238. The van der Waals surface area contributed by atoms with E-state index in [0.29, 0.717) is 61.7 Å². The summed E-state index contributed by atoms with van der Waals surface area (Å²) in [6.07, 6.45) is 0.763. The molecule has 0 aliphatic carbocycles. The van der Waals surface area contributed by atoms with Gasteiger partial charge in [0.2, 0.25) is 5.91 Å². The number of carbonyl (C=O) groups is 3. The maximum Gasteiger partial charge on any atom is 0.256 e. The van der Waals surface area contributed by atoms with Gasteiger partial charge in [-0.1, -0.05) is 18.2 Å². The third kappa shape index (κ3) is 5.40. The maximum atomic E-state index is 13.7. The van der Waals surface area contributed by atoms with Crippen LogP contribution in [0, 0.1) is 0 Å². The third-order valence-electron chi connectivity index (χ3n) is 6.87. The average Bonchev–Trinajstić information content (AvgIpc) is 3.31. The Morgan fingerprint density at radius 2 is 1.65 bits per heavy atom. The first-order chi connectivity index (χ1) is 17.9. The largest absolute Gasteiger partial charge is 0.493 e. The normalized spacial score (nSPS) is 18.5. The molecule has 0 aromatic heterocycles. The van der Waals surface area contributed by atoms with Gasteiger partial charge in [-0.2, -0.15) is 0 Å². The van der Waals surface area contributed by atoms with E-state index in [0.717, 1.165) is 0 Å². The summed E-state index contributed by atoms with van der Waals surface area (Å²) >= 11 is 0. The number of rotatable bonds is 8. The Morgan fingerprint density at radius 1 is 0.946 bits per heavy atom. The number of ether oxygens (including phenoxy) is 4. The molecule has 4 rings (SSSR count). The summed E-state index contributed by atoms with van der Waals surface area (Å²) in [7, 11) is 4.62. The molecule has 1 atom stereocenters. The van der Waals surface area contributed by atoms with Crippen molar-refractivity contribution >= 4 is 17.7 Å². The van der Waals surface area contributed by atoms with E-state index in [1.54, 1.807) is 66.5 Å². The van der Waals surface area contributed by atoms with E-state index in [9.17, 15) is 14.4 Å². The predicted molar refractivity (Wildman–Crippen MR) is 135 cm³/mol. The minimum absolute atomic E-state index is 0.0843. The number of nitrogens with zero attached hydrogens (tertiary/aromatic N) is 2. The molecule has 2 aliphatic heterocycles. The van der Waals surface area contributed by atoms with Gasteiger partial charge < -0.3 is 29.2 Å². The van der Waals surface area contributed by atoms with Crippen LogP contribution in [0.15, 0.2) is 48.5 Å². The van der Waals surface area contributed by atoms with Crippen LogP contribution < -0.4 is 14.8 Å². The Bertz CT molecular complexity index is 1120. The van der Waals surface area contributed by atoms with E-state index in [4.69, 9.17) is 18.9 Å². The lowest BCUT2D eigenvalue weighted by Crippen LogP contribution is -2.60. The fourth-order valence-electron chi connectivity index (χ4n) is 4.89. The molecule has 2 aromatic carbocycles. The molecule has 198 valence electrons. The summed E-state index contributed by atoms with van der Waals surface area (Å²) < 4.78 is 21.8. The van der Waals surface area contributed by atoms with Crippen LogP contribution in [0.1, 0.15) is 33.6 Å². The van der Waals surface area contributed by atoms with Gasteiger partial charge in [-0.15, -0.1) is 0 Å². The highest BCUT2D eigenvalue weighted by Gasteiger charge is 2.54. The molecular weight excluding hydrogens is 478 g/mol. The van der Waals surface area contributed by atoms with Crippen LogP contribution in [0.25, 0.3) is 0 Å². The van der Waals surface area contributed by atoms with Gasteiger partial charge in [-0.05, 0) is 30.3 Å². The van der Waals surface area contributed by atoms with Crippen LogP contribution in [0.5, 0.6) is 11.5 Å². The minimum Gasteiger partial charge on any atom is -0.493 e. The monoisotopic (exact) mass is 511 g/mol. The average molecular weight is 512 g/mol. The molecule has 10 heteroatoms. The molecule has 1 N–H and O–H groups in total. The topological polar surface area (TPSA) is 107 Å². The SMILES string of the molecule is COCCNC(=O)[C@H]1COC2(CCN(C(=O)c3ccc(OC)c(OC)c3)CC2)N1C(=O)c1ccccc1. The molecule has 2 heterocycles. The summed E-state index contributed by atoms with van der Waals surface area (Å²) in [5, 5.41) is 2.83. The first-order valence-corrected chi connectivity index (χ1v) is 12.2. The zero-order valence-corrected chi connectivity index (χ0v) is 21.4. The van der Waals surface area contributed by atoms with E-state index in [-0.39, 0.29) is 24.3 Å². The molecule has 2 aliphatic rings. The van der Waals surface area contributed by atoms with E-state index in [2.05, 4.69) is 5.32 Å². The molecule has 0 bridgehead atoms. The Hall–Kier alpha value is -3.63. The highest BCUT2D eigenvalue weighted by Crippen LogP contribution is 2.39. The Morgan fingerprint density at radius 3 is 2.30 bits per heavy atom. The van der Waals surface area contributed by atoms with Gasteiger partial charge in [-0.25, -0.2) is 0 Å². The van der Waals surface area contributed by atoms with E-state index in [1.807, 2.05) is 6.07 Å². The first kappa shape index (κ1) is 26.4. The molecule has 0 unspecified atom stereocenters. The number of nitrogens with one attached hydrogen (secondary N) is 1. The third-order valence-corrected chi connectivity index (χ3v) is 6.87. The highest BCUT2D eigenvalue weighted by atomic mass is 16.5. The quantitative estimate of drug-likeness (QED) is 0.540. The van der Waals surface area contributed by atoms with Crippen molar-refractivity contribution in [1.29, 1.82) is 0 Å². The molecule has 37 heavy (non-hydrogen) atoms. The van der Waals surface area contributed by atoms with Crippen LogP contribution in [0.2, 0.25) is 0 Å². The number of hydrogen-bond acceptors (Lipinski definition) is 7. The number of likely N-dealkylation sites (tertiary alicyclic amines) is 1. The highest BCUT2D eigenvalue weighted by molar-refractivity contribution is 5.98. The standard InChI is InChI=1S/C27H33N3O7/c1-34-16-13-28-24(31)21-18-37-27(30(21)26(33)19-7-5-4-6-8-19)11-14-29(15-12-27)25(32)20-9-10-22(35-2)23(17-20)36-3/h4-10,17,21H,11-16,18H2,1-3H3,(H,28,31)/t21-/m1/s1. The number of methoxy groups -OCH3 is 3.